The Morgan fingerprint density at radius 2 is 2.24 bits per heavy atom. The van der Waals surface area contributed by atoms with Crippen LogP contribution in [0.3, 0.4) is 0 Å². The summed E-state index contributed by atoms with van der Waals surface area (Å²) in [6.45, 7) is -0.0816. The molecule has 21 heavy (non-hydrogen) atoms. The van der Waals surface area contributed by atoms with Gasteiger partial charge < -0.3 is 4.74 Å². The summed E-state index contributed by atoms with van der Waals surface area (Å²) in [7, 11) is 1.20. The predicted molar refractivity (Wildman–Crippen MR) is 71.7 cm³/mol. The molecular formula is C15H18F3NO2. The minimum atomic E-state index is -2.86. The van der Waals surface area contributed by atoms with Crippen molar-refractivity contribution in [1.29, 1.82) is 0 Å². The number of halogens is 3. The number of benzene rings is 1. The fourth-order valence-corrected chi connectivity index (χ4v) is 2.67. The van der Waals surface area contributed by atoms with Crippen LogP contribution in [0.25, 0.3) is 0 Å². The number of carbonyl (C=O) groups excluding carboxylic acids is 1. The Morgan fingerprint density at radius 1 is 1.48 bits per heavy atom. The Kier molecular flexibility index (Phi) is 4.88. The van der Waals surface area contributed by atoms with Crippen molar-refractivity contribution in [2.75, 3.05) is 20.2 Å². The molecule has 0 radical (unpaired) electrons. The third kappa shape index (κ3) is 4.20. The third-order valence-electron chi connectivity index (χ3n) is 3.64. The second-order valence-electron chi connectivity index (χ2n) is 5.30. The first-order valence-electron chi connectivity index (χ1n) is 6.85. The third-order valence-corrected chi connectivity index (χ3v) is 3.64. The summed E-state index contributed by atoms with van der Waals surface area (Å²) in [6, 6.07) is 5.30. The molecule has 0 N–H and O–H groups in total. The van der Waals surface area contributed by atoms with Gasteiger partial charge in [0.15, 0.2) is 0 Å². The monoisotopic (exact) mass is 301 g/mol. The first kappa shape index (κ1) is 15.8. The molecular weight excluding hydrogens is 283 g/mol. The van der Waals surface area contributed by atoms with E-state index in [2.05, 4.69) is 4.74 Å². The number of esters is 1. The lowest BCUT2D eigenvalue weighted by atomic mass is 10.1. The van der Waals surface area contributed by atoms with Gasteiger partial charge in [0.2, 0.25) is 0 Å². The molecule has 1 aliphatic rings. The van der Waals surface area contributed by atoms with E-state index in [-0.39, 0.29) is 5.82 Å². The van der Waals surface area contributed by atoms with E-state index in [0.717, 1.165) is 5.56 Å². The lowest BCUT2D eigenvalue weighted by molar-refractivity contribution is -0.146. The number of aryl methyl sites for hydroxylation is 1. The summed E-state index contributed by atoms with van der Waals surface area (Å²) in [4.78, 5) is 13.0. The number of hydrogen-bond acceptors (Lipinski definition) is 3. The molecule has 1 aliphatic heterocycles. The van der Waals surface area contributed by atoms with Crippen molar-refractivity contribution < 1.29 is 22.7 Å². The second-order valence-corrected chi connectivity index (χ2v) is 5.30. The highest BCUT2D eigenvalue weighted by Crippen LogP contribution is 2.32. The smallest absolute Gasteiger partial charge is 0.323 e. The van der Waals surface area contributed by atoms with E-state index in [9.17, 15) is 18.0 Å². The molecule has 0 amide bonds. The number of alkyl halides is 2. The molecule has 6 heteroatoms. The van der Waals surface area contributed by atoms with Gasteiger partial charge in [0.25, 0.3) is 5.92 Å². The van der Waals surface area contributed by atoms with Gasteiger partial charge in [-0.3, -0.25) is 9.69 Å². The quantitative estimate of drug-likeness (QED) is 0.783. The van der Waals surface area contributed by atoms with Gasteiger partial charge >= 0.3 is 5.97 Å². The van der Waals surface area contributed by atoms with Gasteiger partial charge in [0.05, 0.1) is 13.7 Å². The van der Waals surface area contributed by atoms with Gasteiger partial charge in [-0.25, -0.2) is 13.2 Å². The average Bonchev–Trinajstić information content (AvgIpc) is 2.73. The number of nitrogens with zero attached hydrogens (tertiary/aromatic N) is 1. The molecule has 0 spiro atoms. The molecule has 1 aromatic carbocycles. The number of ether oxygens (including phenoxy) is 1. The first-order chi connectivity index (χ1) is 9.91. The maximum absolute atomic E-state index is 13.4. The first-order valence-corrected chi connectivity index (χ1v) is 6.85. The summed E-state index contributed by atoms with van der Waals surface area (Å²) < 4.78 is 44.5. The molecule has 3 nitrogen and oxygen atoms in total. The highest BCUT2D eigenvalue weighted by Gasteiger charge is 2.48. The summed E-state index contributed by atoms with van der Waals surface area (Å²) in [5.74, 6) is -3.80. The van der Waals surface area contributed by atoms with E-state index in [1.807, 2.05) is 0 Å². The Labute approximate surface area is 121 Å². The predicted octanol–water partition coefficient (Wildman–Crippen LogP) is 2.64. The van der Waals surface area contributed by atoms with Crippen molar-refractivity contribution in [3.8, 4) is 0 Å². The molecule has 1 heterocycles. The van der Waals surface area contributed by atoms with Gasteiger partial charge in [-0.05, 0) is 37.1 Å². The van der Waals surface area contributed by atoms with Crippen LogP contribution < -0.4 is 0 Å². The van der Waals surface area contributed by atoms with Gasteiger partial charge in [0.1, 0.15) is 11.9 Å². The lowest BCUT2D eigenvalue weighted by Gasteiger charge is -2.21. The Hall–Kier alpha value is -1.56. The van der Waals surface area contributed by atoms with Crippen molar-refractivity contribution >= 4 is 5.97 Å². The normalized spacial score (nSPS) is 21.4. The summed E-state index contributed by atoms with van der Waals surface area (Å²) in [5.41, 5.74) is 0.815. The summed E-state index contributed by atoms with van der Waals surface area (Å²) >= 11 is 0. The van der Waals surface area contributed by atoms with Crippen LogP contribution in [0.15, 0.2) is 24.3 Å². The number of hydrogen-bond donors (Lipinski definition) is 0. The highest BCUT2D eigenvalue weighted by atomic mass is 19.3. The van der Waals surface area contributed by atoms with E-state index in [4.69, 9.17) is 0 Å². The fraction of sp³-hybridized carbons (Fsp3) is 0.533. The van der Waals surface area contributed by atoms with Gasteiger partial charge in [-0.15, -0.1) is 0 Å². The maximum Gasteiger partial charge on any atom is 0.323 e. The number of rotatable bonds is 5. The van der Waals surface area contributed by atoms with Crippen molar-refractivity contribution in [1.82, 2.24) is 4.90 Å². The van der Waals surface area contributed by atoms with Crippen molar-refractivity contribution in [2.45, 2.75) is 31.2 Å². The topological polar surface area (TPSA) is 29.5 Å². The van der Waals surface area contributed by atoms with Gasteiger partial charge in [-0.2, -0.15) is 0 Å². The fourth-order valence-electron chi connectivity index (χ4n) is 2.67. The molecule has 116 valence electrons. The van der Waals surface area contributed by atoms with Crippen LogP contribution in [-0.4, -0.2) is 43.0 Å². The zero-order valence-corrected chi connectivity index (χ0v) is 11.8. The molecule has 0 aliphatic carbocycles. The largest absolute Gasteiger partial charge is 0.468 e. The van der Waals surface area contributed by atoms with Crippen LogP contribution in [0, 0.1) is 5.82 Å². The Bertz CT molecular complexity index is 507. The zero-order valence-electron chi connectivity index (χ0n) is 11.8. The van der Waals surface area contributed by atoms with Crippen molar-refractivity contribution in [2.24, 2.45) is 0 Å². The number of likely N-dealkylation sites (tertiary alicyclic amines) is 1. The standard InChI is InChI=1S/C15H18F3NO2/c1-21-14(20)13-9-15(17,18)10-19(13)7-3-5-11-4-2-6-12(16)8-11/h2,4,6,8,13H,3,5,7,9-10H2,1H3. The molecule has 1 fully saturated rings. The van der Waals surface area contributed by atoms with Gasteiger partial charge in [-0.1, -0.05) is 12.1 Å². The van der Waals surface area contributed by atoms with Crippen LogP contribution in [0.2, 0.25) is 0 Å². The molecule has 0 aromatic heterocycles. The van der Waals surface area contributed by atoms with Crippen LogP contribution >= 0.6 is 0 Å². The molecule has 1 saturated heterocycles. The Morgan fingerprint density at radius 3 is 2.90 bits per heavy atom. The molecule has 1 unspecified atom stereocenters. The van der Waals surface area contributed by atoms with Crippen LogP contribution in [0.1, 0.15) is 18.4 Å². The maximum atomic E-state index is 13.4. The zero-order chi connectivity index (χ0) is 15.5. The SMILES string of the molecule is COC(=O)C1CC(F)(F)CN1CCCc1cccc(F)c1. The highest BCUT2D eigenvalue weighted by molar-refractivity contribution is 5.76. The number of carbonyl (C=O) groups is 1. The molecule has 1 atom stereocenters. The van der Waals surface area contributed by atoms with Crippen LogP contribution in [0.4, 0.5) is 13.2 Å². The average molecular weight is 301 g/mol. The number of methoxy groups -OCH3 is 1. The summed E-state index contributed by atoms with van der Waals surface area (Å²) in [5, 5.41) is 0. The Balaban J connectivity index is 1.90. The molecule has 2 rings (SSSR count). The molecule has 0 bridgehead atoms. The van der Waals surface area contributed by atoms with Crippen molar-refractivity contribution in [3.63, 3.8) is 0 Å². The molecule has 1 aromatic rings. The van der Waals surface area contributed by atoms with E-state index in [1.165, 1.54) is 24.1 Å². The van der Waals surface area contributed by atoms with Crippen LogP contribution in [0.5, 0.6) is 0 Å². The van der Waals surface area contributed by atoms with E-state index >= 15 is 0 Å². The van der Waals surface area contributed by atoms with E-state index in [0.29, 0.717) is 19.4 Å². The van der Waals surface area contributed by atoms with E-state index in [1.54, 1.807) is 12.1 Å². The van der Waals surface area contributed by atoms with Crippen LogP contribution in [-0.2, 0) is 16.0 Å². The second kappa shape index (κ2) is 6.47. The minimum Gasteiger partial charge on any atom is -0.468 e. The molecule has 0 saturated carbocycles. The lowest BCUT2D eigenvalue weighted by Crippen LogP contribution is -2.37. The minimum absolute atomic E-state index is 0.312. The van der Waals surface area contributed by atoms with E-state index < -0.39 is 30.9 Å². The van der Waals surface area contributed by atoms with Crippen molar-refractivity contribution in [3.05, 3.63) is 35.6 Å². The van der Waals surface area contributed by atoms with Gasteiger partial charge in [0, 0.05) is 6.42 Å². The summed E-state index contributed by atoms with van der Waals surface area (Å²) in [6.07, 6.45) is 0.653.